The number of halogens is 6. The second kappa shape index (κ2) is 12.9. The molecule has 1 aromatic heterocycles. The molecule has 3 aromatic rings. The van der Waals surface area contributed by atoms with E-state index in [1.54, 1.807) is 12.1 Å². The van der Waals surface area contributed by atoms with Crippen LogP contribution in [0.15, 0.2) is 65.8 Å². The summed E-state index contributed by atoms with van der Waals surface area (Å²) < 4.78 is 82.2. The van der Waals surface area contributed by atoms with E-state index in [9.17, 15) is 26.3 Å². The van der Waals surface area contributed by atoms with Crippen molar-refractivity contribution >= 4 is 29.0 Å². The predicted octanol–water partition coefficient (Wildman–Crippen LogP) is 7.99. The van der Waals surface area contributed by atoms with Crippen LogP contribution in [0.2, 0.25) is 0 Å². The number of piperidine rings is 1. The van der Waals surface area contributed by atoms with E-state index in [4.69, 9.17) is 4.74 Å². The van der Waals surface area contributed by atoms with Gasteiger partial charge in [-0.05, 0) is 98.8 Å². The van der Waals surface area contributed by atoms with Crippen molar-refractivity contribution < 1.29 is 31.1 Å². The molecule has 5 rings (SSSR count). The van der Waals surface area contributed by atoms with Gasteiger partial charge in [0, 0.05) is 47.5 Å². The van der Waals surface area contributed by atoms with Gasteiger partial charge in [-0.1, -0.05) is 0 Å². The van der Waals surface area contributed by atoms with Gasteiger partial charge in [0.15, 0.2) is 0 Å². The number of ether oxygens (including phenoxy) is 1. The molecule has 2 aromatic carbocycles. The first-order valence-corrected chi connectivity index (χ1v) is 14.6. The summed E-state index contributed by atoms with van der Waals surface area (Å²) in [6, 6.07) is 13.6. The van der Waals surface area contributed by atoms with Crippen LogP contribution in [-0.4, -0.2) is 46.8 Å². The minimum Gasteiger partial charge on any atom is -0.474 e. The minimum atomic E-state index is -4.35. The van der Waals surface area contributed by atoms with E-state index in [1.807, 2.05) is 6.07 Å². The fraction of sp³-hybridized carbons (Fsp3) is 0.448. The second-order valence-corrected chi connectivity index (χ2v) is 11.6. The highest BCUT2D eigenvalue weighted by atomic mass is 32.2. The first kappa shape index (κ1) is 30.1. The van der Waals surface area contributed by atoms with Crippen molar-refractivity contribution in [3.05, 3.63) is 66.5 Å². The number of aromatic nitrogens is 2. The molecule has 0 radical (unpaired) electrons. The van der Waals surface area contributed by atoms with Crippen LogP contribution >= 0.6 is 11.8 Å². The second-order valence-electron chi connectivity index (χ2n) is 10.5. The predicted molar refractivity (Wildman–Crippen MR) is 151 cm³/mol. The maximum atomic E-state index is 12.8. The summed E-state index contributed by atoms with van der Waals surface area (Å²) in [7, 11) is 0. The molecule has 0 unspecified atom stereocenters. The third kappa shape index (κ3) is 8.59. The molecular formula is C29H31F6N5OS. The lowest BCUT2D eigenvalue weighted by Gasteiger charge is -2.34. The summed E-state index contributed by atoms with van der Waals surface area (Å²) in [6.45, 7) is 1.48. The molecule has 226 valence electrons. The quantitative estimate of drug-likeness (QED) is 0.198. The summed E-state index contributed by atoms with van der Waals surface area (Å²) in [5.74, 6) is 1.29. The molecule has 0 amide bonds. The monoisotopic (exact) mass is 611 g/mol. The smallest absolute Gasteiger partial charge is 0.446 e. The van der Waals surface area contributed by atoms with E-state index >= 15 is 0 Å². The molecule has 1 aliphatic carbocycles. The fourth-order valence-electron chi connectivity index (χ4n) is 5.30. The van der Waals surface area contributed by atoms with Gasteiger partial charge in [0.1, 0.15) is 18.2 Å². The van der Waals surface area contributed by atoms with Crippen LogP contribution in [-0.2, 0) is 6.18 Å². The molecule has 42 heavy (non-hydrogen) atoms. The molecule has 2 heterocycles. The number of hydrogen-bond donors (Lipinski definition) is 2. The van der Waals surface area contributed by atoms with Crippen molar-refractivity contribution in [2.75, 3.05) is 28.6 Å². The Kier molecular flexibility index (Phi) is 9.24. The number of nitrogens with one attached hydrogen (secondary N) is 2. The number of nitrogens with zero attached hydrogens (tertiary/aromatic N) is 3. The van der Waals surface area contributed by atoms with Crippen molar-refractivity contribution in [1.29, 1.82) is 0 Å². The van der Waals surface area contributed by atoms with Crippen molar-refractivity contribution in [2.24, 2.45) is 0 Å². The van der Waals surface area contributed by atoms with Gasteiger partial charge in [-0.25, -0.2) is 9.97 Å². The number of alkyl halides is 6. The molecule has 1 aliphatic heterocycles. The molecule has 0 atom stereocenters. The maximum absolute atomic E-state index is 12.8. The zero-order chi connectivity index (χ0) is 29.7. The molecule has 1 saturated carbocycles. The number of rotatable bonds is 8. The van der Waals surface area contributed by atoms with Gasteiger partial charge >= 0.3 is 11.7 Å². The van der Waals surface area contributed by atoms with E-state index < -0.39 is 17.2 Å². The Labute approximate surface area is 244 Å². The number of benzene rings is 2. The SMILES string of the molecule is FC(F)(F)Sc1ccc(NC2CCC(Oc3cc(N4CCC(Nc5ccc(C(F)(F)F)cc5)CC4)ncn3)CC2)cc1. The third-order valence-corrected chi connectivity index (χ3v) is 8.19. The van der Waals surface area contributed by atoms with Gasteiger partial charge in [0.05, 0.1) is 5.56 Å². The lowest BCUT2D eigenvalue weighted by atomic mass is 9.93. The van der Waals surface area contributed by atoms with Crippen molar-refractivity contribution in [3.8, 4) is 5.88 Å². The summed E-state index contributed by atoms with van der Waals surface area (Å²) >= 11 is -0.122. The largest absolute Gasteiger partial charge is 0.474 e. The molecule has 13 heteroatoms. The number of anilines is 3. The van der Waals surface area contributed by atoms with Gasteiger partial charge in [-0.2, -0.15) is 26.3 Å². The van der Waals surface area contributed by atoms with Crippen molar-refractivity contribution in [2.45, 2.75) is 73.3 Å². The highest BCUT2D eigenvalue weighted by molar-refractivity contribution is 8.00. The number of thioether (sulfide) groups is 1. The molecule has 0 bridgehead atoms. The zero-order valence-electron chi connectivity index (χ0n) is 22.6. The molecule has 2 aliphatic rings. The molecule has 2 fully saturated rings. The van der Waals surface area contributed by atoms with Crippen LogP contribution in [0.5, 0.6) is 5.88 Å². The summed E-state index contributed by atoms with van der Waals surface area (Å²) in [6.07, 6.45) is 2.13. The summed E-state index contributed by atoms with van der Waals surface area (Å²) in [5, 5.41) is 6.73. The van der Waals surface area contributed by atoms with E-state index in [-0.39, 0.29) is 34.8 Å². The van der Waals surface area contributed by atoms with E-state index in [0.29, 0.717) is 11.6 Å². The van der Waals surface area contributed by atoms with Crippen molar-refractivity contribution in [1.82, 2.24) is 9.97 Å². The van der Waals surface area contributed by atoms with Crippen LogP contribution in [0, 0.1) is 0 Å². The minimum absolute atomic E-state index is 0.00929. The molecule has 6 nitrogen and oxygen atoms in total. The standard InChI is InChI=1S/C29H31F6N5OS/c30-28(31,32)19-1-3-20(4-2-19)39-23-13-15-40(16-14-23)26-17-27(37-18-36-26)41-24-9-5-21(6-10-24)38-22-7-11-25(12-8-22)42-29(33,34)35/h1-4,7-8,11-12,17-18,21,23-24,38-39H,5-6,9-10,13-16H2. The molecule has 1 saturated heterocycles. The Bertz CT molecular complexity index is 1290. The molecule has 2 N–H and O–H groups in total. The normalized spacial score (nSPS) is 20.3. The molecule has 0 spiro atoms. The Morgan fingerprint density at radius 3 is 1.88 bits per heavy atom. The summed E-state index contributed by atoms with van der Waals surface area (Å²) in [5.41, 5.74) is -3.50. The average molecular weight is 612 g/mol. The van der Waals surface area contributed by atoms with Gasteiger partial charge in [-0.3, -0.25) is 0 Å². The van der Waals surface area contributed by atoms with Gasteiger partial charge in [0.2, 0.25) is 5.88 Å². The molecular weight excluding hydrogens is 580 g/mol. The van der Waals surface area contributed by atoms with Crippen LogP contribution in [0.3, 0.4) is 0 Å². The van der Waals surface area contributed by atoms with Gasteiger partial charge < -0.3 is 20.3 Å². The van der Waals surface area contributed by atoms with E-state index in [1.165, 1.54) is 30.6 Å². The van der Waals surface area contributed by atoms with Crippen LogP contribution < -0.4 is 20.3 Å². The first-order chi connectivity index (χ1) is 20.0. The summed E-state index contributed by atoms with van der Waals surface area (Å²) in [4.78, 5) is 11.0. The first-order valence-electron chi connectivity index (χ1n) is 13.8. The highest BCUT2D eigenvalue weighted by Gasteiger charge is 2.31. The Hall–Kier alpha value is -3.35. The van der Waals surface area contributed by atoms with Crippen LogP contribution in [0.4, 0.5) is 43.5 Å². The maximum Gasteiger partial charge on any atom is 0.446 e. The topological polar surface area (TPSA) is 62.3 Å². The highest BCUT2D eigenvalue weighted by Crippen LogP contribution is 2.37. The average Bonchev–Trinajstić information content (AvgIpc) is 2.95. The Morgan fingerprint density at radius 1 is 0.738 bits per heavy atom. The van der Waals surface area contributed by atoms with Crippen LogP contribution in [0.1, 0.15) is 44.1 Å². The lowest BCUT2D eigenvalue weighted by molar-refractivity contribution is -0.137. The van der Waals surface area contributed by atoms with Gasteiger partial charge in [0.25, 0.3) is 0 Å². The third-order valence-electron chi connectivity index (χ3n) is 7.45. The number of hydrogen-bond acceptors (Lipinski definition) is 7. The zero-order valence-corrected chi connectivity index (χ0v) is 23.4. The van der Waals surface area contributed by atoms with E-state index in [0.717, 1.165) is 75.3 Å². The van der Waals surface area contributed by atoms with E-state index in [2.05, 4.69) is 25.5 Å². The van der Waals surface area contributed by atoms with Crippen LogP contribution in [0.25, 0.3) is 0 Å². The Morgan fingerprint density at radius 2 is 1.31 bits per heavy atom. The fourth-order valence-corrected chi connectivity index (χ4v) is 5.84. The van der Waals surface area contributed by atoms with Crippen molar-refractivity contribution in [3.63, 3.8) is 0 Å². The van der Waals surface area contributed by atoms with Gasteiger partial charge in [-0.15, -0.1) is 0 Å². The Balaban J connectivity index is 1.05. The lowest BCUT2D eigenvalue weighted by Crippen LogP contribution is -2.39.